The number of aliphatic carboxylic acids is 1. The lowest BCUT2D eigenvalue weighted by atomic mass is 9.93. The van der Waals surface area contributed by atoms with Gasteiger partial charge in [0.25, 0.3) is 0 Å². The maximum absolute atomic E-state index is 11.4. The molecule has 0 bridgehead atoms. The molecule has 88 valence electrons. The zero-order chi connectivity index (χ0) is 11.3. The lowest BCUT2D eigenvalue weighted by molar-refractivity contribution is -0.150. The monoisotopic (exact) mass is 231 g/mol. The standard InChI is InChI=1S/C11H21NO2S/c1-3-11(10(13)14)6-4-7-12(11)8-5-9-15-2/h3-9H2,1-2H3,(H,13,14). The molecule has 0 saturated carbocycles. The van der Waals surface area contributed by atoms with Crippen LogP contribution in [0.2, 0.25) is 0 Å². The van der Waals surface area contributed by atoms with E-state index in [2.05, 4.69) is 11.2 Å². The molecule has 0 amide bonds. The van der Waals surface area contributed by atoms with E-state index in [0.29, 0.717) is 0 Å². The molecular weight excluding hydrogens is 210 g/mol. The van der Waals surface area contributed by atoms with Crippen molar-refractivity contribution in [3.63, 3.8) is 0 Å². The first-order chi connectivity index (χ1) is 7.17. The van der Waals surface area contributed by atoms with E-state index in [0.717, 1.165) is 44.5 Å². The Kier molecular flexibility index (Phi) is 4.93. The van der Waals surface area contributed by atoms with E-state index in [1.54, 1.807) is 0 Å². The highest BCUT2D eigenvalue weighted by molar-refractivity contribution is 7.98. The predicted molar refractivity (Wildman–Crippen MR) is 64.5 cm³/mol. The van der Waals surface area contributed by atoms with Crippen LogP contribution in [0.1, 0.15) is 32.6 Å². The van der Waals surface area contributed by atoms with Gasteiger partial charge in [0.05, 0.1) is 0 Å². The van der Waals surface area contributed by atoms with E-state index in [1.165, 1.54) is 0 Å². The topological polar surface area (TPSA) is 40.5 Å². The van der Waals surface area contributed by atoms with E-state index in [-0.39, 0.29) is 0 Å². The van der Waals surface area contributed by atoms with Crippen LogP contribution < -0.4 is 0 Å². The molecule has 0 aromatic rings. The van der Waals surface area contributed by atoms with Crippen LogP contribution in [0.25, 0.3) is 0 Å². The summed E-state index contributed by atoms with van der Waals surface area (Å²) in [7, 11) is 0. The minimum absolute atomic E-state index is 0.557. The third-order valence-corrected chi connectivity index (χ3v) is 4.08. The first-order valence-electron chi connectivity index (χ1n) is 5.64. The highest BCUT2D eigenvalue weighted by atomic mass is 32.2. The molecule has 0 aromatic carbocycles. The van der Waals surface area contributed by atoms with Crippen LogP contribution in [0, 0.1) is 0 Å². The molecule has 3 nitrogen and oxygen atoms in total. The zero-order valence-corrected chi connectivity index (χ0v) is 10.5. The zero-order valence-electron chi connectivity index (χ0n) is 9.66. The molecule has 1 N–H and O–H groups in total. The molecule has 15 heavy (non-hydrogen) atoms. The molecule has 1 atom stereocenters. The van der Waals surface area contributed by atoms with E-state index >= 15 is 0 Å². The van der Waals surface area contributed by atoms with Crippen LogP contribution in [0.3, 0.4) is 0 Å². The molecule has 0 radical (unpaired) electrons. The molecule has 0 spiro atoms. The summed E-state index contributed by atoms with van der Waals surface area (Å²) < 4.78 is 0. The Morgan fingerprint density at radius 3 is 2.87 bits per heavy atom. The number of thioether (sulfide) groups is 1. The second-order valence-electron chi connectivity index (χ2n) is 4.13. The summed E-state index contributed by atoms with van der Waals surface area (Å²) in [6.07, 6.45) is 5.75. The van der Waals surface area contributed by atoms with Gasteiger partial charge < -0.3 is 5.11 Å². The van der Waals surface area contributed by atoms with Crippen molar-refractivity contribution in [3.05, 3.63) is 0 Å². The minimum Gasteiger partial charge on any atom is -0.480 e. The summed E-state index contributed by atoms with van der Waals surface area (Å²) in [5.74, 6) is 0.488. The second-order valence-corrected chi connectivity index (χ2v) is 5.11. The molecule has 1 heterocycles. The third kappa shape index (κ3) is 2.67. The maximum Gasteiger partial charge on any atom is 0.324 e. The second kappa shape index (κ2) is 5.75. The molecule has 1 saturated heterocycles. The molecule has 1 aliphatic rings. The molecule has 4 heteroatoms. The summed E-state index contributed by atoms with van der Waals surface area (Å²) in [6.45, 7) is 3.87. The van der Waals surface area contributed by atoms with Gasteiger partial charge in [0.1, 0.15) is 5.54 Å². The Morgan fingerprint density at radius 2 is 2.33 bits per heavy atom. The van der Waals surface area contributed by atoms with E-state index in [1.807, 2.05) is 18.7 Å². The first kappa shape index (κ1) is 12.8. The van der Waals surface area contributed by atoms with Crippen LogP contribution in [0.5, 0.6) is 0 Å². The Balaban J connectivity index is 2.57. The van der Waals surface area contributed by atoms with Crippen molar-refractivity contribution in [2.75, 3.05) is 25.1 Å². The van der Waals surface area contributed by atoms with Gasteiger partial charge in [0.15, 0.2) is 0 Å². The number of likely N-dealkylation sites (tertiary alicyclic amines) is 1. The average Bonchev–Trinajstić information content (AvgIpc) is 2.62. The molecule has 1 rings (SSSR count). The summed E-state index contributed by atoms with van der Waals surface area (Å²) in [4.78, 5) is 13.5. The van der Waals surface area contributed by atoms with Crippen LogP contribution in [0.15, 0.2) is 0 Å². The minimum atomic E-state index is -0.633. The average molecular weight is 231 g/mol. The Bertz CT molecular complexity index is 223. The molecular formula is C11H21NO2S. The Labute approximate surface area is 96.2 Å². The summed E-state index contributed by atoms with van der Waals surface area (Å²) in [6, 6.07) is 0. The molecule has 1 fully saturated rings. The van der Waals surface area contributed by atoms with E-state index in [4.69, 9.17) is 0 Å². The van der Waals surface area contributed by atoms with Crippen molar-refractivity contribution in [2.24, 2.45) is 0 Å². The van der Waals surface area contributed by atoms with Gasteiger partial charge in [-0.1, -0.05) is 6.92 Å². The van der Waals surface area contributed by atoms with Gasteiger partial charge in [0.2, 0.25) is 0 Å². The van der Waals surface area contributed by atoms with Crippen molar-refractivity contribution in [3.8, 4) is 0 Å². The van der Waals surface area contributed by atoms with Crippen molar-refractivity contribution >= 4 is 17.7 Å². The van der Waals surface area contributed by atoms with Gasteiger partial charge in [-0.15, -0.1) is 0 Å². The maximum atomic E-state index is 11.4. The number of carbonyl (C=O) groups is 1. The normalized spacial score (nSPS) is 27.1. The lowest BCUT2D eigenvalue weighted by Gasteiger charge is -2.33. The number of nitrogens with zero attached hydrogens (tertiary/aromatic N) is 1. The van der Waals surface area contributed by atoms with Gasteiger partial charge in [-0.3, -0.25) is 9.69 Å². The number of hydrogen-bond donors (Lipinski definition) is 1. The number of carboxylic acids is 1. The Morgan fingerprint density at radius 1 is 1.60 bits per heavy atom. The number of rotatable bonds is 6. The smallest absolute Gasteiger partial charge is 0.324 e. The summed E-state index contributed by atoms with van der Waals surface area (Å²) in [5.41, 5.74) is -0.557. The van der Waals surface area contributed by atoms with E-state index in [9.17, 15) is 9.90 Å². The number of carboxylic acid groups (broad SMARTS) is 1. The van der Waals surface area contributed by atoms with Crippen molar-refractivity contribution in [1.82, 2.24) is 4.90 Å². The molecule has 1 aliphatic heterocycles. The van der Waals surface area contributed by atoms with Crippen molar-refractivity contribution in [1.29, 1.82) is 0 Å². The van der Waals surface area contributed by atoms with Crippen LogP contribution in [-0.2, 0) is 4.79 Å². The van der Waals surface area contributed by atoms with E-state index < -0.39 is 11.5 Å². The predicted octanol–water partition coefficient (Wildman–Crippen LogP) is 2.07. The summed E-state index contributed by atoms with van der Waals surface area (Å²) >= 11 is 1.83. The van der Waals surface area contributed by atoms with Gasteiger partial charge >= 0.3 is 5.97 Å². The molecule has 0 aromatic heterocycles. The van der Waals surface area contributed by atoms with Crippen LogP contribution >= 0.6 is 11.8 Å². The van der Waals surface area contributed by atoms with Gasteiger partial charge in [-0.05, 0) is 44.2 Å². The number of hydrogen-bond acceptors (Lipinski definition) is 3. The highest BCUT2D eigenvalue weighted by Gasteiger charge is 2.45. The fourth-order valence-electron chi connectivity index (χ4n) is 2.45. The Hall–Kier alpha value is -0.220. The quantitative estimate of drug-likeness (QED) is 0.710. The van der Waals surface area contributed by atoms with Crippen molar-refractivity contribution in [2.45, 2.75) is 38.1 Å². The van der Waals surface area contributed by atoms with Crippen LogP contribution in [-0.4, -0.2) is 46.6 Å². The first-order valence-corrected chi connectivity index (χ1v) is 7.04. The van der Waals surface area contributed by atoms with Gasteiger partial charge in [-0.25, -0.2) is 0 Å². The largest absolute Gasteiger partial charge is 0.480 e. The van der Waals surface area contributed by atoms with Gasteiger partial charge in [0, 0.05) is 6.54 Å². The lowest BCUT2D eigenvalue weighted by Crippen LogP contribution is -2.50. The SMILES string of the molecule is CCC1(C(=O)O)CCCN1CCCSC. The van der Waals surface area contributed by atoms with Gasteiger partial charge in [-0.2, -0.15) is 11.8 Å². The highest BCUT2D eigenvalue weighted by Crippen LogP contribution is 2.32. The fraction of sp³-hybridized carbons (Fsp3) is 0.909. The van der Waals surface area contributed by atoms with Crippen LogP contribution in [0.4, 0.5) is 0 Å². The molecule has 1 unspecified atom stereocenters. The molecule has 0 aliphatic carbocycles. The summed E-state index contributed by atoms with van der Waals surface area (Å²) in [5, 5.41) is 9.34. The van der Waals surface area contributed by atoms with Crippen molar-refractivity contribution < 1.29 is 9.90 Å². The fourth-order valence-corrected chi connectivity index (χ4v) is 2.87. The third-order valence-electron chi connectivity index (χ3n) is 3.38.